The van der Waals surface area contributed by atoms with Gasteiger partial charge in [0, 0.05) is 31.1 Å². The maximum Gasteiger partial charge on any atom is 0.303 e. The van der Waals surface area contributed by atoms with E-state index in [2.05, 4.69) is 10.6 Å². The number of aliphatic carboxylic acids is 1. The lowest BCUT2D eigenvalue weighted by Gasteiger charge is -2.10. The van der Waals surface area contributed by atoms with Crippen molar-refractivity contribution in [2.75, 3.05) is 10.6 Å². The summed E-state index contributed by atoms with van der Waals surface area (Å²) < 4.78 is 0. The van der Waals surface area contributed by atoms with Crippen molar-refractivity contribution >= 4 is 29.2 Å². The Labute approximate surface area is 117 Å². The predicted octanol–water partition coefficient (Wildman–Crippen LogP) is 2.15. The van der Waals surface area contributed by atoms with E-state index in [1.807, 2.05) is 6.92 Å². The molecule has 1 aromatic rings. The van der Waals surface area contributed by atoms with Gasteiger partial charge in [0.05, 0.1) is 0 Å². The highest BCUT2D eigenvalue weighted by molar-refractivity contribution is 5.94. The van der Waals surface area contributed by atoms with Gasteiger partial charge in [0.15, 0.2) is 0 Å². The van der Waals surface area contributed by atoms with Crippen LogP contribution in [0.3, 0.4) is 0 Å². The van der Waals surface area contributed by atoms with Crippen molar-refractivity contribution in [3.8, 4) is 0 Å². The molecule has 20 heavy (non-hydrogen) atoms. The molecule has 6 nitrogen and oxygen atoms in total. The van der Waals surface area contributed by atoms with E-state index in [1.165, 1.54) is 6.92 Å². The van der Waals surface area contributed by atoms with Crippen molar-refractivity contribution in [2.24, 2.45) is 0 Å². The number of anilines is 2. The minimum atomic E-state index is -0.916. The molecule has 0 saturated carbocycles. The first-order valence-corrected chi connectivity index (χ1v) is 6.28. The van der Waals surface area contributed by atoms with Gasteiger partial charge in [-0.05, 0) is 31.0 Å². The zero-order chi connectivity index (χ0) is 15.1. The molecule has 0 aliphatic heterocycles. The zero-order valence-electron chi connectivity index (χ0n) is 11.5. The number of amides is 2. The van der Waals surface area contributed by atoms with Crippen molar-refractivity contribution in [3.63, 3.8) is 0 Å². The van der Waals surface area contributed by atoms with Gasteiger partial charge in [-0.1, -0.05) is 6.07 Å². The third-order valence-electron chi connectivity index (χ3n) is 2.63. The van der Waals surface area contributed by atoms with E-state index in [1.54, 1.807) is 18.2 Å². The maximum absolute atomic E-state index is 11.6. The number of carboxylic acids is 1. The number of carboxylic acid groups (broad SMARTS) is 1. The highest BCUT2D eigenvalue weighted by Crippen LogP contribution is 2.20. The summed E-state index contributed by atoms with van der Waals surface area (Å²) in [6.07, 6.45) is 0.416. The number of nitrogens with one attached hydrogen (secondary N) is 2. The number of carbonyl (C=O) groups is 3. The van der Waals surface area contributed by atoms with Crippen molar-refractivity contribution < 1.29 is 19.5 Å². The molecule has 0 bridgehead atoms. The first kappa shape index (κ1) is 15.7. The van der Waals surface area contributed by atoms with Crippen molar-refractivity contribution in [3.05, 3.63) is 23.8 Å². The molecule has 108 valence electrons. The lowest BCUT2D eigenvalue weighted by Crippen LogP contribution is -2.13. The summed E-state index contributed by atoms with van der Waals surface area (Å²) in [5, 5.41) is 13.8. The fourth-order valence-electron chi connectivity index (χ4n) is 1.65. The Bertz CT molecular complexity index is 526. The number of aryl methyl sites for hydroxylation is 1. The van der Waals surface area contributed by atoms with Crippen LogP contribution in [0.4, 0.5) is 11.4 Å². The number of carbonyl (C=O) groups excluding carboxylic acids is 2. The molecule has 0 aliphatic carbocycles. The molecule has 0 atom stereocenters. The monoisotopic (exact) mass is 278 g/mol. The summed E-state index contributed by atoms with van der Waals surface area (Å²) >= 11 is 0. The van der Waals surface area contributed by atoms with E-state index in [0.29, 0.717) is 17.8 Å². The van der Waals surface area contributed by atoms with Gasteiger partial charge in [0.25, 0.3) is 0 Å². The van der Waals surface area contributed by atoms with Crippen LogP contribution in [0.25, 0.3) is 0 Å². The van der Waals surface area contributed by atoms with E-state index in [9.17, 15) is 14.4 Å². The minimum absolute atomic E-state index is 0.0293. The Morgan fingerprint density at radius 2 is 1.85 bits per heavy atom. The quantitative estimate of drug-likeness (QED) is 0.743. The summed E-state index contributed by atoms with van der Waals surface area (Å²) in [4.78, 5) is 33.0. The number of rotatable bonds is 6. The van der Waals surface area contributed by atoms with Crippen LogP contribution < -0.4 is 10.6 Å². The van der Waals surface area contributed by atoms with Crippen LogP contribution in [0.1, 0.15) is 31.7 Å². The van der Waals surface area contributed by atoms with E-state index in [-0.39, 0.29) is 24.7 Å². The van der Waals surface area contributed by atoms with Gasteiger partial charge in [0.1, 0.15) is 0 Å². The minimum Gasteiger partial charge on any atom is -0.481 e. The van der Waals surface area contributed by atoms with E-state index < -0.39 is 5.97 Å². The van der Waals surface area contributed by atoms with Gasteiger partial charge >= 0.3 is 5.97 Å². The molecular formula is C14H18N2O4. The second-order valence-corrected chi connectivity index (χ2v) is 4.51. The van der Waals surface area contributed by atoms with Crippen LogP contribution in [0.5, 0.6) is 0 Å². The smallest absolute Gasteiger partial charge is 0.303 e. The Hall–Kier alpha value is -2.37. The Balaban J connectivity index is 2.61. The second kappa shape index (κ2) is 7.28. The number of benzene rings is 1. The first-order chi connectivity index (χ1) is 9.38. The third kappa shape index (κ3) is 5.51. The average molecular weight is 278 g/mol. The standard InChI is InChI=1S/C14H18N2O4/c1-9-6-7-11(8-12(9)15-10(2)17)16-13(18)4-3-5-14(19)20/h6-8H,3-5H2,1-2H3,(H,15,17)(H,16,18)(H,19,20). The summed E-state index contributed by atoms with van der Waals surface area (Å²) in [6, 6.07) is 5.19. The molecule has 1 aromatic carbocycles. The molecule has 3 N–H and O–H groups in total. The van der Waals surface area contributed by atoms with Crippen LogP contribution >= 0.6 is 0 Å². The lowest BCUT2D eigenvalue weighted by atomic mass is 10.1. The number of hydrogen-bond acceptors (Lipinski definition) is 3. The fraction of sp³-hybridized carbons (Fsp3) is 0.357. The van der Waals surface area contributed by atoms with E-state index >= 15 is 0 Å². The Morgan fingerprint density at radius 3 is 2.45 bits per heavy atom. The predicted molar refractivity (Wildman–Crippen MR) is 75.6 cm³/mol. The molecule has 0 spiro atoms. The summed E-state index contributed by atoms with van der Waals surface area (Å²) in [5.74, 6) is -1.34. The van der Waals surface area contributed by atoms with E-state index in [0.717, 1.165) is 5.56 Å². The van der Waals surface area contributed by atoms with Crippen molar-refractivity contribution in [2.45, 2.75) is 33.1 Å². The molecule has 0 heterocycles. The van der Waals surface area contributed by atoms with Gasteiger partial charge in [-0.25, -0.2) is 0 Å². The van der Waals surface area contributed by atoms with Gasteiger partial charge in [-0.3, -0.25) is 14.4 Å². The highest BCUT2D eigenvalue weighted by Gasteiger charge is 2.07. The molecule has 0 fully saturated rings. The van der Waals surface area contributed by atoms with Crippen molar-refractivity contribution in [1.29, 1.82) is 0 Å². The molecular weight excluding hydrogens is 260 g/mol. The molecule has 0 radical (unpaired) electrons. The highest BCUT2D eigenvalue weighted by atomic mass is 16.4. The van der Waals surface area contributed by atoms with Crippen LogP contribution in [0, 0.1) is 6.92 Å². The summed E-state index contributed by atoms with van der Waals surface area (Å²) in [6.45, 7) is 3.26. The second-order valence-electron chi connectivity index (χ2n) is 4.51. The molecule has 1 rings (SSSR count). The topological polar surface area (TPSA) is 95.5 Å². The Kier molecular flexibility index (Phi) is 5.71. The zero-order valence-corrected chi connectivity index (χ0v) is 11.5. The lowest BCUT2D eigenvalue weighted by molar-refractivity contribution is -0.137. The molecule has 2 amide bonds. The van der Waals surface area contributed by atoms with Gasteiger partial charge < -0.3 is 15.7 Å². The van der Waals surface area contributed by atoms with Crippen LogP contribution in [0.2, 0.25) is 0 Å². The van der Waals surface area contributed by atoms with E-state index in [4.69, 9.17) is 5.11 Å². The largest absolute Gasteiger partial charge is 0.481 e. The summed E-state index contributed by atoms with van der Waals surface area (Å²) in [7, 11) is 0. The SMILES string of the molecule is CC(=O)Nc1cc(NC(=O)CCCC(=O)O)ccc1C. The molecule has 0 unspecified atom stereocenters. The van der Waals surface area contributed by atoms with Crippen LogP contribution in [-0.4, -0.2) is 22.9 Å². The molecule has 0 aromatic heterocycles. The average Bonchev–Trinajstić information content (AvgIpc) is 2.32. The molecule has 0 aliphatic rings. The maximum atomic E-state index is 11.6. The van der Waals surface area contributed by atoms with Gasteiger partial charge in [-0.15, -0.1) is 0 Å². The summed E-state index contributed by atoms with van der Waals surface area (Å²) in [5.41, 5.74) is 2.10. The molecule has 0 saturated heterocycles. The normalized spacial score (nSPS) is 9.90. The van der Waals surface area contributed by atoms with Crippen LogP contribution in [0.15, 0.2) is 18.2 Å². The van der Waals surface area contributed by atoms with Gasteiger partial charge in [-0.2, -0.15) is 0 Å². The van der Waals surface area contributed by atoms with Crippen LogP contribution in [-0.2, 0) is 14.4 Å². The number of hydrogen-bond donors (Lipinski definition) is 3. The Morgan fingerprint density at radius 1 is 1.15 bits per heavy atom. The first-order valence-electron chi connectivity index (χ1n) is 6.28. The fourth-order valence-corrected chi connectivity index (χ4v) is 1.65. The molecule has 6 heteroatoms. The van der Waals surface area contributed by atoms with Gasteiger partial charge in [0.2, 0.25) is 11.8 Å². The van der Waals surface area contributed by atoms with Crippen molar-refractivity contribution in [1.82, 2.24) is 0 Å². The third-order valence-corrected chi connectivity index (χ3v) is 2.63.